The van der Waals surface area contributed by atoms with Crippen LogP contribution in [-0.4, -0.2) is 16.9 Å². The number of rotatable bonds is 5. The lowest BCUT2D eigenvalue weighted by atomic mass is 10.2. The summed E-state index contributed by atoms with van der Waals surface area (Å²) in [5.41, 5.74) is 3.53. The van der Waals surface area contributed by atoms with Gasteiger partial charge in [0.05, 0.1) is 11.9 Å². The van der Waals surface area contributed by atoms with Crippen molar-refractivity contribution < 1.29 is 4.79 Å². The third kappa shape index (κ3) is 3.79. The minimum Gasteiger partial charge on any atom is -0.348 e. The molecule has 0 saturated heterocycles. The maximum absolute atomic E-state index is 12.0. The van der Waals surface area contributed by atoms with Crippen LogP contribution in [0, 0.1) is 6.92 Å². The summed E-state index contributed by atoms with van der Waals surface area (Å²) >= 11 is 1.75. The molecule has 0 saturated carbocycles. The molecule has 0 spiro atoms. The first-order valence-corrected chi connectivity index (χ1v) is 7.19. The number of aryl methyl sites for hydroxylation is 1. The van der Waals surface area contributed by atoms with Crippen LogP contribution in [-0.2, 0) is 6.42 Å². The number of hydrogen-bond donors (Lipinski definition) is 3. The molecular formula is C14H18N4OS. The van der Waals surface area contributed by atoms with Crippen LogP contribution in [0.25, 0.3) is 0 Å². The second-order valence-corrected chi connectivity index (χ2v) is 6.04. The molecule has 0 fully saturated rings. The van der Waals surface area contributed by atoms with E-state index in [-0.39, 0.29) is 11.9 Å². The highest BCUT2D eigenvalue weighted by Crippen LogP contribution is 2.16. The van der Waals surface area contributed by atoms with Gasteiger partial charge in [0.1, 0.15) is 5.69 Å². The summed E-state index contributed by atoms with van der Waals surface area (Å²) in [6.07, 6.45) is 2.36. The molecule has 1 amide bonds. The fraction of sp³-hybridized carbons (Fsp3) is 0.286. The van der Waals surface area contributed by atoms with E-state index in [9.17, 15) is 4.79 Å². The molecule has 2 aromatic heterocycles. The molecule has 2 rings (SSSR count). The predicted octanol–water partition coefficient (Wildman–Crippen LogP) is 2.10. The van der Waals surface area contributed by atoms with Crippen LogP contribution in [0.2, 0.25) is 0 Å². The Morgan fingerprint density at radius 3 is 2.75 bits per heavy atom. The second kappa shape index (κ2) is 6.49. The van der Waals surface area contributed by atoms with Crippen molar-refractivity contribution in [2.75, 3.05) is 5.43 Å². The molecule has 4 N–H and O–H groups in total. The molecule has 1 atom stereocenters. The lowest BCUT2D eigenvalue weighted by Crippen LogP contribution is -2.34. The average Bonchev–Trinajstić information content (AvgIpc) is 2.84. The van der Waals surface area contributed by atoms with Crippen molar-refractivity contribution in [3.8, 4) is 0 Å². The molecular weight excluding hydrogens is 272 g/mol. The molecule has 0 aliphatic carbocycles. The maximum Gasteiger partial charge on any atom is 0.270 e. The van der Waals surface area contributed by atoms with E-state index in [1.807, 2.05) is 6.92 Å². The van der Waals surface area contributed by atoms with Crippen LogP contribution >= 0.6 is 11.3 Å². The van der Waals surface area contributed by atoms with Gasteiger partial charge in [0.25, 0.3) is 5.91 Å². The highest BCUT2D eigenvalue weighted by Gasteiger charge is 2.12. The number of pyridine rings is 1. The molecule has 0 aliphatic rings. The Labute approximate surface area is 122 Å². The molecule has 2 heterocycles. The van der Waals surface area contributed by atoms with E-state index in [4.69, 9.17) is 5.84 Å². The zero-order valence-electron chi connectivity index (χ0n) is 11.5. The van der Waals surface area contributed by atoms with Crippen molar-refractivity contribution in [3.63, 3.8) is 0 Å². The van der Waals surface area contributed by atoms with Gasteiger partial charge in [-0.2, -0.15) is 0 Å². The molecule has 106 valence electrons. The van der Waals surface area contributed by atoms with Gasteiger partial charge < -0.3 is 10.7 Å². The fourth-order valence-corrected chi connectivity index (χ4v) is 2.88. The number of nitrogens with two attached hydrogens (primary N) is 1. The summed E-state index contributed by atoms with van der Waals surface area (Å²) in [7, 11) is 0. The van der Waals surface area contributed by atoms with E-state index < -0.39 is 0 Å². The summed E-state index contributed by atoms with van der Waals surface area (Å²) in [5.74, 6) is 5.08. The number of thiophene rings is 1. The monoisotopic (exact) mass is 290 g/mol. The maximum atomic E-state index is 12.0. The number of nitrogen functional groups attached to an aromatic ring is 1. The highest BCUT2D eigenvalue weighted by molar-refractivity contribution is 7.11. The van der Waals surface area contributed by atoms with Crippen LogP contribution in [0.4, 0.5) is 5.69 Å². The van der Waals surface area contributed by atoms with E-state index in [1.165, 1.54) is 16.0 Å². The lowest BCUT2D eigenvalue weighted by molar-refractivity contribution is 0.0935. The van der Waals surface area contributed by atoms with Gasteiger partial charge in [0.2, 0.25) is 0 Å². The SMILES string of the molecule is Cc1ccc(CC(C)NC(=O)c2ccc(NN)cn2)s1. The average molecular weight is 290 g/mol. The molecule has 1 unspecified atom stereocenters. The largest absolute Gasteiger partial charge is 0.348 e. The number of anilines is 1. The van der Waals surface area contributed by atoms with E-state index >= 15 is 0 Å². The number of hydrogen-bond acceptors (Lipinski definition) is 5. The minimum atomic E-state index is -0.172. The number of nitrogens with one attached hydrogen (secondary N) is 2. The molecule has 6 heteroatoms. The first-order chi connectivity index (χ1) is 9.58. The summed E-state index contributed by atoms with van der Waals surface area (Å²) in [6.45, 7) is 4.07. The first-order valence-electron chi connectivity index (χ1n) is 6.37. The van der Waals surface area contributed by atoms with Crippen LogP contribution in [0.3, 0.4) is 0 Å². The smallest absolute Gasteiger partial charge is 0.270 e. The standard InChI is InChI=1S/C14H18N4OS/c1-9(7-12-5-3-10(2)20-12)17-14(19)13-6-4-11(18-15)8-16-13/h3-6,8-9,18H,7,15H2,1-2H3,(H,17,19). The van der Waals surface area contributed by atoms with E-state index in [2.05, 4.69) is 34.8 Å². The molecule has 0 radical (unpaired) electrons. The Hall–Kier alpha value is -1.92. The Balaban J connectivity index is 1.92. The van der Waals surface area contributed by atoms with Crippen LogP contribution < -0.4 is 16.6 Å². The Morgan fingerprint density at radius 2 is 2.20 bits per heavy atom. The quantitative estimate of drug-likeness (QED) is 0.582. The summed E-state index contributed by atoms with van der Waals surface area (Å²) in [5, 5.41) is 2.94. The van der Waals surface area contributed by atoms with Crippen molar-refractivity contribution in [2.45, 2.75) is 26.3 Å². The Bertz CT molecular complexity index is 579. The summed E-state index contributed by atoms with van der Waals surface area (Å²) < 4.78 is 0. The number of nitrogens with zero attached hydrogens (tertiary/aromatic N) is 1. The van der Waals surface area contributed by atoms with Crippen molar-refractivity contribution in [1.82, 2.24) is 10.3 Å². The zero-order chi connectivity index (χ0) is 14.5. The summed E-state index contributed by atoms with van der Waals surface area (Å²) in [6, 6.07) is 7.62. The molecule has 0 aliphatic heterocycles. The number of carbonyl (C=O) groups is 1. The van der Waals surface area contributed by atoms with Crippen LogP contribution in [0.5, 0.6) is 0 Å². The summed E-state index contributed by atoms with van der Waals surface area (Å²) in [4.78, 5) is 18.6. The minimum absolute atomic E-state index is 0.0645. The van der Waals surface area contributed by atoms with E-state index in [1.54, 1.807) is 23.5 Å². The van der Waals surface area contributed by atoms with Gasteiger partial charge in [-0.1, -0.05) is 0 Å². The van der Waals surface area contributed by atoms with Crippen molar-refractivity contribution in [3.05, 3.63) is 45.9 Å². The van der Waals surface area contributed by atoms with Gasteiger partial charge in [-0.25, -0.2) is 4.98 Å². The van der Waals surface area contributed by atoms with Gasteiger partial charge in [0.15, 0.2) is 0 Å². The zero-order valence-corrected chi connectivity index (χ0v) is 12.3. The van der Waals surface area contributed by atoms with Gasteiger partial charge in [-0.3, -0.25) is 10.6 Å². The number of carbonyl (C=O) groups excluding carboxylic acids is 1. The van der Waals surface area contributed by atoms with Crippen molar-refractivity contribution in [1.29, 1.82) is 0 Å². The lowest BCUT2D eigenvalue weighted by Gasteiger charge is -2.12. The van der Waals surface area contributed by atoms with Gasteiger partial charge in [0, 0.05) is 22.2 Å². The Morgan fingerprint density at radius 1 is 1.40 bits per heavy atom. The number of amides is 1. The number of aromatic nitrogens is 1. The third-order valence-corrected chi connectivity index (χ3v) is 3.87. The van der Waals surface area contributed by atoms with Gasteiger partial charge in [-0.05, 0) is 38.1 Å². The van der Waals surface area contributed by atoms with Crippen molar-refractivity contribution in [2.24, 2.45) is 5.84 Å². The van der Waals surface area contributed by atoms with Crippen molar-refractivity contribution >= 4 is 22.9 Å². The van der Waals surface area contributed by atoms with E-state index in [0.717, 1.165) is 6.42 Å². The molecule has 0 aromatic carbocycles. The predicted molar refractivity (Wildman–Crippen MR) is 81.7 cm³/mol. The molecule has 20 heavy (non-hydrogen) atoms. The van der Waals surface area contributed by atoms with Gasteiger partial charge >= 0.3 is 0 Å². The highest BCUT2D eigenvalue weighted by atomic mass is 32.1. The van der Waals surface area contributed by atoms with Crippen LogP contribution in [0.15, 0.2) is 30.5 Å². The van der Waals surface area contributed by atoms with Crippen LogP contribution in [0.1, 0.15) is 27.2 Å². The molecule has 2 aromatic rings. The molecule has 0 bridgehead atoms. The fourth-order valence-electron chi connectivity index (χ4n) is 1.86. The normalized spacial score (nSPS) is 11.9. The first kappa shape index (κ1) is 14.5. The molecule has 5 nitrogen and oxygen atoms in total. The third-order valence-electron chi connectivity index (χ3n) is 2.84. The van der Waals surface area contributed by atoms with Gasteiger partial charge in [-0.15, -0.1) is 11.3 Å². The number of hydrazine groups is 1. The topological polar surface area (TPSA) is 80.0 Å². The van der Waals surface area contributed by atoms with E-state index in [0.29, 0.717) is 11.4 Å². The second-order valence-electron chi connectivity index (χ2n) is 4.67. The Kier molecular flexibility index (Phi) is 4.70.